The van der Waals surface area contributed by atoms with Crippen molar-refractivity contribution in [3.05, 3.63) is 59.9 Å². The summed E-state index contributed by atoms with van der Waals surface area (Å²) < 4.78 is 10.8. The minimum atomic E-state index is -0.170. The van der Waals surface area contributed by atoms with Gasteiger partial charge in [0.2, 0.25) is 5.91 Å². The number of benzene rings is 2. The first-order valence-corrected chi connectivity index (χ1v) is 12.1. The van der Waals surface area contributed by atoms with Crippen LogP contribution in [0.25, 0.3) is 0 Å². The Balaban J connectivity index is 1.33. The number of para-hydroxylation sites is 2. The molecular formula is C24H26ClN5O3S. The number of rotatable bonds is 8. The zero-order valence-electron chi connectivity index (χ0n) is 19.0. The van der Waals surface area contributed by atoms with Gasteiger partial charge < -0.3 is 24.6 Å². The number of anilines is 3. The molecule has 0 radical (unpaired) electrons. The van der Waals surface area contributed by atoms with Gasteiger partial charge in [-0.3, -0.25) is 4.79 Å². The second-order valence-corrected chi connectivity index (χ2v) is 8.97. The maximum atomic E-state index is 12.5. The van der Waals surface area contributed by atoms with E-state index in [2.05, 4.69) is 31.2 Å². The molecule has 8 nitrogen and oxygen atoms in total. The number of ether oxygens (including phenoxy) is 2. The van der Waals surface area contributed by atoms with E-state index in [1.54, 1.807) is 38.7 Å². The molecule has 1 aromatic heterocycles. The fourth-order valence-electron chi connectivity index (χ4n) is 3.75. The number of thioether (sulfide) groups is 1. The van der Waals surface area contributed by atoms with Crippen LogP contribution in [0.3, 0.4) is 0 Å². The summed E-state index contributed by atoms with van der Waals surface area (Å²) >= 11 is 7.39. The predicted octanol–water partition coefficient (Wildman–Crippen LogP) is 4.20. The van der Waals surface area contributed by atoms with Gasteiger partial charge in [0.25, 0.3) is 0 Å². The first kappa shape index (κ1) is 24.0. The fraction of sp³-hybridized carbons (Fsp3) is 0.292. The van der Waals surface area contributed by atoms with Crippen molar-refractivity contribution in [1.29, 1.82) is 0 Å². The topological polar surface area (TPSA) is 79.8 Å². The molecule has 0 bridgehead atoms. The second kappa shape index (κ2) is 11.3. The average Bonchev–Trinajstić information content (AvgIpc) is 2.88. The van der Waals surface area contributed by atoms with Crippen LogP contribution in [-0.2, 0) is 4.79 Å². The third-order valence-electron chi connectivity index (χ3n) is 5.44. The van der Waals surface area contributed by atoms with Crippen molar-refractivity contribution < 1.29 is 14.3 Å². The lowest BCUT2D eigenvalue weighted by atomic mass is 10.2. The molecule has 0 unspecified atom stereocenters. The van der Waals surface area contributed by atoms with Crippen molar-refractivity contribution in [1.82, 2.24) is 9.97 Å². The molecule has 1 fully saturated rings. The van der Waals surface area contributed by atoms with Crippen molar-refractivity contribution in [3.8, 4) is 11.5 Å². The van der Waals surface area contributed by atoms with Gasteiger partial charge in [0.05, 0.1) is 31.3 Å². The molecule has 178 valence electrons. The lowest BCUT2D eigenvalue weighted by molar-refractivity contribution is -0.113. The molecule has 2 aromatic carbocycles. The van der Waals surface area contributed by atoms with Crippen LogP contribution in [0.5, 0.6) is 11.5 Å². The summed E-state index contributed by atoms with van der Waals surface area (Å²) in [5, 5.41) is 4.11. The van der Waals surface area contributed by atoms with Crippen LogP contribution in [-0.4, -0.2) is 62.0 Å². The van der Waals surface area contributed by atoms with E-state index in [-0.39, 0.29) is 11.7 Å². The van der Waals surface area contributed by atoms with Crippen LogP contribution < -0.4 is 24.6 Å². The van der Waals surface area contributed by atoms with Gasteiger partial charge in [-0.2, -0.15) is 0 Å². The number of aromatic nitrogens is 2. The van der Waals surface area contributed by atoms with Gasteiger partial charge in [0, 0.05) is 37.3 Å². The molecule has 4 rings (SSSR count). The Morgan fingerprint density at radius 2 is 1.74 bits per heavy atom. The summed E-state index contributed by atoms with van der Waals surface area (Å²) in [5.74, 6) is 2.32. The molecule has 0 atom stereocenters. The fourth-order valence-corrected chi connectivity index (χ4v) is 4.59. The van der Waals surface area contributed by atoms with E-state index in [4.69, 9.17) is 21.1 Å². The van der Waals surface area contributed by atoms with E-state index in [1.165, 1.54) is 11.8 Å². The van der Waals surface area contributed by atoms with Crippen LogP contribution in [0.15, 0.2) is 59.9 Å². The summed E-state index contributed by atoms with van der Waals surface area (Å²) in [6.45, 7) is 3.37. The van der Waals surface area contributed by atoms with Crippen molar-refractivity contribution in [2.45, 2.75) is 5.03 Å². The first-order valence-electron chi connectivity index (χ1n) is 10.8. The van der Waals surface area contributed by atoms with Crippen LogP contribution >= 0.6 is 23.4 Å². The molecule has 0 saturated carbocycles. The molecule has 1 N–H and O–H groups in total. The average molecular weight is 500 g/mol. The Hall–Kier alpha value is -3.17. The number of carbonyl (C=O) groups is 1. The highest BCUT2D eigenvalue weighted by atomic mass is 35.5. The lowest BCUT2D eigenvalue weighted by Gasteiger charge is -2.37. The minimum Gasteiger partial charge on any atom is -0.495 e. The van der Waals surface area contributed by atoms with Gasteiger partial charge in [0.1, 0.15) is 28.7 Å². The van der Waals surface area contributed by atoms with E-state index in [0.717, 1.165) is 48.5 Å². The maximum Gasteiger partial charge on any atom is 0.234 e. The zero-order chi connectivity index (χ0) is 23.9. The Bertz CT molecular complexity index is 1140. The number of amides is 1. The maximum absolute atomic E-state index is 12.5. The molecule has 3 aromatic rings. The number of hydrogen-bond donors (Lipinski definition) is 1. The molecule has 1 amide bonds. The van der Waals surface area contributed by atoms with Gasteiger partial charge >= 0.3 is 0 Å². The summed E-state index contributed by atoms with van der Waals surface area (Å²) in [6.07, 6.45) is 1.54. The molecule has 1 saturated heterocycles. The highest BCUT2D eigenvalue weighted by Gasteiger charge is 2.21. The first-order chi connectivity index (χ1) is 16.6. The smallest absolute Gasteiger partial charge is 0.234 e. The summed E-state index contributed by atoms with van der Waals surface area (Å²) in [4.78, 5) is 25.8. The number of nitrogens with zero attached hydrogens (tertiary/aromatic N) is 4. The third-order valence-corrected chi connectivity index (χ3v) is 6.60. The van der Waals surface area contributed by atoms with Gasteiger partial charge in [-0.05, 0) is 30.3 Å². The van der Waals surface area contributed by atoms with Crippen LogP contribution in [0, 0.1) is 0 Å². The van der Waals surface area contributed by atoms with Crippen molar-refractivity contribution in [2.75, 3.05) is 61.3 Å². The van der Waals surface area contributed by atoms with Crippen LogP contribution in [0.4, 0.5) is 17.2 Å². The van der Waals surface area contributed by atoms with Crippen molar-refractivity contribution >= 4 is 46.5 Å². The van der Waals surface area contributed by atoms with E-state index >= 15 is 0 Å². The van der Waals surface area contributed by atoms with E-state index in [1.807, 2.05) is 24.3 Å². The van der Waals surface area contributed by atoms with Gasteiger partial charge in [-0.1, -0.05) is 35.5 Å². The minimum absolute atomic E-state index is 0.170. The van der Waals surface area contributed by atoms with Crippen LogP contribution in [0.1, 0.15) is 0 Å². The van der Waals surface area contributed by atoms with Gasteiger partial charge in [0.15, 0.2) is 0 Å². The normalized spacial score (nSPS) is 13.5. The zero-order valence-corrected chi connectivity index (χ0v) is 20.6. The summed E-state index contributed by atoms with van der Waals surface area (Å²) in [6, 6.07) is 15.1. The summed E-state index contributed by atoms with van der Waals surface area (Å²) in [7, 11) is 3.24. The number of halogens is 1. The number of methoxy groups -OCH3 is 2. The lowest BCUT2D eigenvalue weighted by Crippen LogP contribution is -2.47. The quantitative estimate of drug-likeness (QED) is 0.365. The Labute approximate surface area is 208 Å². The molecule has 0 aliphatic carbocycles. The van der Waals surface area contributed by atoms with Gasteiger partial charge in [-0.25, -0.2) is 9.97 Å². The van der Waals surface area contributed by atoms with E-state index < -0.39 is 0 Å². The standard InChI is InChI=1S/C24H26ClN5O3S/c1-32-20-8-7-17(25)13-18(20)28-23(31)15-34-24-14-22(26-16-27-24)30-11-9-29(10-12-30)19-5-3-4-6-21(19)33-2/h3-8,13-14,16H,9-12,15H2,1-2H3,(H,28,31). The second-order valence-electron chi connectivity index (χ2n) is 7.54. The van der Waals surface area contributed by atoms with Gasteiger partial charge in [-0.15, -0.1) is 0 Å². The van der Waals surface area contributed by atoms with Crippen molar-refractivity contribution in [2.24, 2.45) is 0 Å². The highest BCUT2D eigenvalue weighted by Crippen LogP contribution is 2.30. The molecular weight excluding hydrogens is 474 g/mol. The number of hydrogen-bond acceptors (Lipinski definition) is 8. The molecule has 2 heterocycles. The molecule has 1 aliphatic rings. The molecule has 0 spiro atoms. The Morgan fingerprint density at radius 1 is 1.00 bits per heavy atom. The Kier molecular flexibility index (Phi) is 7.97. The van der Waals surface area contributed by atoms with E-state index in [0.29, 0.717) is 16.5 Å². The number of nitrogens with one attached hydrogen (secondary N) is 1. The van der Waals surface area contributed by atoms with E-state index in [9.17, 15) is 4.79 Å². The predicted molar refractivity (Wildman–Crippen MR) is 137 cm³/mol. The summed E-state index contributed by atoms with van der Waals surface area (Å²) in [5.41, 5.74) is 1.64. The SMILES string of the molecule is COc1ccc(Cl)cc1NC(=O)CSc1cc(N2CCN(c3ccccc3OC)CC2)ncn1. The molecule has 10 heteroatoms. The highest BCUT2D eigenvalue weighted by molar-refractivity contribution is 7.99. The molecule has 34 heavy (non-hydrogen) atoms. The number of carbonyl (C=O) groups excluding carboxylic acids is 1. The number of piperazine rings is 1. The Morgan fingerprint density at radius 3 is 2.50 bits per heavy atom. The third kappa shape index (κ3) is 5.84. The monoisotopic (exact) mass is 499 g/mol. The largest absolute Gasteiger partial charge is 0.495 e. The van der Waals surface area contributed by atoms with Crippen LogP contribution in [0.2, 0.25) is 5.02 Å². The molecule has 1 aliphatic heterocycles. The van der Waals surface area contributed by atoms with Crippen molar-refractivity contribution in [3.63, 3.8) is 0 Å².